The fourth-order valence-corrected chi connectivity index (χ4v) is 2.48. The summed E-state index contributed by atoms with van der Waals surface area (Å²) in [5.41, 5.74) is 7.05. The number of nitrogen functional groups attached to an aromatic ring is 1. The van der Waals surface area contributed by atoms with Gasteiger partial charge in [0, 0.05) is 24.5 Å². The second-order valence-electron chi connectivity index (χ2n) is 4.65. The summed E-state index contributed by atoms with van der Waals surface area (Å²) in [5.74, 6) is -0.252. The van der Waals surface area contributed by atoms with Crippen LogP contribution in [0, 0.1) is 5.82 Å². The van der Waals surface area contributed by atoms with Gasteiger partial charge in [0.15, 0.2) is 0 Å². The Balaban J connectivity index is 2.15. The molecule has 0 spiro atoms. The molecule has 1 saturated carbocycles. The van der Waals surface area contributed by atoms with E-state index < -0.39 is 0 Å². The van der Waals surface area contributed by atoms with Crippen LogP contribution in [0.5, 0.6) is 0 Å². The molecule has 16 heavy (non-hydrogen) atoms. The number of hydrogen-bond acceptors (Lipinski definition) is 2. The predicted octanol–water partition coefficient (Wildman–Crippen LogP) is 3.18. The third-order valence-corrected chi connectivity index (χ3v) is 3.43. The van der Waals surface area contributed by atoms with E-state index in [2.05, 4.69) is 4.90 Å². The molecular formula is C13H19FN2. The fraction of sp³-hybridized carbons (Fsp3) is 0.538. The highest BCUT2D eigenvalue weighted by Gasteiger charge is 2.18. The minimum Gasteiger partial charge on any atom is -0.399 e. The number of halogens is 1. The van der Waals surface area contributed by atoms with Crippen LogP contribution in [-0.4, -0.2) is 13.1 Å². The summed E-state index contributed by atoms with van der Waals surface area (Å²) in [6.07, 6.45) is 6.29. The van der Waals surface area contributed by atoms with E-state index in [4.69, 9.17) is 5.73 Å². The van der Waals surface area contributed by atoms with Gasteiger partial charge in [0.1, 0.15) is 5.82 Å². The maximum atomic E-state index is 13.2. The van der Waals surface area contributed by atoms with Gasteiger partial charge in [-0.05, 0) is 31.0 Å². The van der Waals surface area contributed by atoms with Crippen molar-refractivity contribution in [1.29, 1.82) is 0 Å². The zero-order chi connectivity index (χ0) is 11.5. The molecule has 3 heteroatoms. The van der Waals surface area contributed by atoms with E-state index >= 15 is 0 Å². The van der Waals surface area contributed by atoms with Crippen LogP contribution < -0.4 is 10.6 Å². The molecule has 1 aromatic carbocycles. The minimum atomic E-state index is -0.252. The first-order valence-electron chi connectivity index (χ1n) is 5.96. The van der Waals surface area contributed by atoms with Crippen LogP contribution in [0.3, 0.4) is 0 Å². The van der Waals surface area contributed by atoms with Crippen molar-refractivity contribution < 1.29 is 4.39 Å². The van der Waals surface area contributed by atoms with Gasteiger partial charge < -0.3 is 10.6 Å². The van der Waals surface area contributed by atoms with Gasteiger partial charge in [0.25, 0.3) is 0 Å². The minimum absolute atomic E-state index is 0.252. The summed E-state index contributed by atoms with van der Waals surface area (Å²) in [6.45, 7) is 0. The Bertz CT molecular complexity index is 339. The Morgan fingerprint density at radius 1 is 1.19 bits per heavy atom. The van der Waals surface area contributed by atoms with Crippen molar-refractivity contribution in [2.45, 2.75) is 38.1 Å². The average molecular weight is 222 g/mol. The third-order valence-electron chi connectivity index (χ3n) is 3.43. The topological polar surface area (TPSA) is 29.3 Å². The molecule has 2 rings (SSSR count). The van der Waals surface area contributed by atoms with E-state index in [-0.39, 0.29) is 5.82 Å². The van der Waals surface area contributed by atoms with Crippen molar-refractivity contribution in [3.63, 3.8) is 0 Å². The van der Waals surface area contributed by atoms with Crippen LogP contribution in [-0.2, 0) is 0 Å². The smallest absolute Gasteiger partial charge is 0.127 e. The van der Waals surface area contributed by atoms with Crippen molar-refractivity contribution in [2.24, 2.45) is 0 Å². The molecule has 1 fully saturated rings. The largest absolute Gasteiger partial charge is 0.399 e. The first-order valence-corrected chi connectivity index (χ1v) is 5.96. The molecule has 1 aliphatic carbocycles. The summed E-state index contributed by atoms with van der Waals surface area (Å²) in [4.78, 5) is 2.17. The maximum absolute atomic E-state index is 13.2. The van der Waals surface area contributed by atoms with E-state index in [0.29, 0.717) is 11.7 Å². The lowest BCUT2D eigenvalue weighted by atomic mass is 9.94. The number of hydrogen-bond donors (Lipinski definition) is 1. The van der Waals surface area contributed by atoms with Crippen LogP contribution in [0.2, 0.25) is 0 Å². The Morgan fingerprint density at radius 3 is 2.50 bits per heavy atom. The highest BCUT2D eigenvalue weighted by molar-refractivity contribution is 5.56. The van der Waals surface area contributed by atoms with Gasteiger partial charge in [-0.15, -0.1) is 0 Å². The first kappa shape index (κ1) is 11.2. The monoisotopic (exact) mass is 222 g/mol. The molecule has 0 aromatic heterocycles. The lowest BCUT2D eigenvalue weighted by Gasteiger charge is -2.33. The molecule has 0 saturated heterocycles. The Kier molecular flexibility index (Phi) is 3.32. The molecule has 0 amide bonds. The van der Waals surface area contributed by atoms with Crippen LogP contribution in [0.25, 0.3) is 0 Å². The number of anilines is 2. The van der Waals surface area contributed by atoms with Crippen LogP contribution in [0.4, 0.5) is 15.8 Å². The molecule has 0 radical (unpaired) electrons. The van der Waals surface area contributed by atoms with Crippen LogP contribution in [0.15, 0.2) is 18.2 Å². The van der Waals surface area contributed by atoms with Gasteiger partial charge in [-0.25, -0.2) is 4.39 Å². The van der Waals surface area contributed by atoms with Crippen LogP contribution in [0.1, 0.15) is 32.1 Å². The molecular weight excluding hydrogens is 203 g/mol. The summed E-state index contributed by atoms with van der Waals surface area (Å²) < 4.78 is 13.2. The highest BCUT2D eigenvalue weighted by Crippen LogP contribution is 2.27. The van der Waals surface area contributed by atoms with Crippen LogP contribution >= 0.6 is 0 Å². The fourth-order valence-electron chi connectivity index (χ4n) is 2.48. The van der Waals surface area contributed by atoms with Gasteiger partial charge in [-0.2, -0.15) is 0 Å². The van der Waals surface area contributed by atoms with E-state index in [1.54, 1.807) is 6.07 Å². The maximum Gasteiger partial charge on any atom is 0.127 e. The molecule has 2 N–H and O–H groups in total. The van der Waals surface area contributed by atoms with E-state index in [0.717, 1.165) is 5.69 Å². The van der Waals surface area contributed by atoms with Gasteiger partial charge >= 0.3 is 0 Å². The van der Waals surface area contributed by atoms with Gasteiger partial charge in [-0.1, -0.05) is 19.3 Å². The standard InChI is InChI=1S/C13H19FN2/c1-16(12-5-3-2-4-6-12)13-8-10(14)7-11(15)9-13/h7-9,12H,2-6,15H2,1H3. The third kappa shape index (κ3) is 2.46. The molecule has 0 heterocycles. The quantitative estimate of drug-likeness (QED) is 0.779. The summed E-state index contributed by atoms with van der Waals surface area (Å²) in [5, 5.41) is 0. The van der Waals surface area contributed by atoms with E-state index in [1.807, 2.05) is 13.1 Å². The number of benzene rings is 1. The number of nitrogens with two attached hydrogens (primary N) is 1. The first-order chi connectivity index (χ1) is 7.66. The molecule has 0 unspecified atom stereocenters. The van der Waals surface area contributed by atoms with Gasteiger partial charge in [0.05, 0.1) is 0 Å². The Morgan fingerprint density at radius 2 is 1.88 bits per heavy atom. The van der Waals surface area contributed by atoms with Crippen molar-refractivity contribution in [3.05, 3.63) is 24.0 Å². The second-order valence-corrected chi connectivity index (χ2v) is 4.65. The summed E-state index contributed by atoms with van der Waals surface area (Å²) in [6, 6.07) is 5.30. The number of rotatable bonds is 2. The van der Waals surface area contributed by atoms with Crippen molar-refractivity contribution in [3.8, 4) is 0 Å². The number of nitrogens with zero attached hydrogens (tertiary/aromatic N) is 1. The Hall–Kier alpha value is -1.25. The highest BCUT2D eigenvalue weighted by atomic mass is 19.1. The van der Waals surface area contributed by atoms with Gasteiger partial charge in [-0.3, -0.25) is 0 Å². The zero-order valence-electron chi connectivity index (χ0n) is 9.75. The SMILES string of the molecule is CN(c1cc(N)cc(F)c1)C1CCCCC1. The molecule has 88 valence electrons. The van der Waals surface area contributed by atoms with E-state index in [9.17, 15) is 4.39 Å². The normalized spacial score (nSPS) is 17.4. The predicted molar refractivity (Wildman–Crippen MR) is 66.1 cm³/mol. The molecule has 2 nitrogen and oxygen atoms in total. The van der Waals surface area contributed by atoms with Crippen molar-refractivity contribution in [1.82, 2.24) is 0 Å². The van der Waals surface area contributed by atoms with E-state index in [1.165, 1.54) is 38.2 Å². The van der Waals surface area contributed by atoms with Crippen molar-refractivity contribution >= 4 is 11.4 Å². The molecule has 1 aromatic rings. The second kappa shape index (κ2) is 4.73. The average Bonchev–Trinajstić information content (AvgIpc) is 2.28. The lowest BCUT2D eigenvalue weighted by Crippen LogP contribution is -2.33. The molecule has 1 aliphatic rings. The van der Waals surface area contributed by atoms with Gasteiger partial charge in [0.2, 0.25) is 0 Å². The lowest BCUT2D eigenvalue weighted by molar-refractivity contribution is 0.427. The summed E-state index contributed by atoms with van der Waals surface area (Å²) >= 11 is 0. The Labute approximate surface area is 96.2 Å². The summed E-state index contributed by atoms with van der Waals surface area (Å²) in [7, 11) is 2.03. The zero-order valence-corrected chi connectivity index (χ0v) is 9.75. The van der Waals surface area contributed by atoms with Crippen molar-refractivity contribution in [2.75, 3.05) is 17.7 Å². The molecule has 0 aliphatic heterocycles. The molecule has 0 bridgehead atoms. The molecule has 0 atom stereocenters.